The van der Waals surface area contributed by atoms with Gasteiger partial charge in [-0.15, -0.1) is 24.0 Å². The van der Waals surface area contributed by atoms with Gasteiger partial charge in [-0.1, -0.05) is 12.1 Å². The number of nitrogens with zero attached hydrogens (tertiary/aromatic N) is 2. The SMILES string of the molecule is CN=C(NCCc1ccc(NC(C)=O)cc1)N1CCCC(CC(N)=O)C1.I. The maximum atomic E-state index is 11.2. The Labute approximate surface area is 178 Å². The van der Waals surface area contributed by atoms with Crippen LogP contribution < -0.4 is 16.4 Å². The molecule has 2 amide bonds. The molecular formula is C19H30IN5O2. The number of amides is 2. The van der Waals surface area contributed by atoms with Gasteiger partial charge in [0.1, 0.15) is 0 Å². The molecule has 1 aromatic rings. The first-order valence-corrected chi connectivity index (χ1v) is 9.08. The molecule has 1 saturated heterocycles. The van der Waals surface area contributed by atoms with Crippen LogP contribution in [-0.4, -0.2) is 49.4 Å². The third-order valence-electron chi connectivity index (χ3n) is 4.49. The number of halogens is 1. The quantitative estimate of drug-likeness (QED) is 0.325. The normalized spacial score (nSPS) is 17.0. The van der Waals surface area contributed by atoms with Gasteiger partial charge in [0.15, 0.2) is 5.96 Å². The summed E-state index contributed by atoms with van der Waals surface area (Å²) < 4.78 is 0. The zero-order chi connectivity index (χ0) is 18.9. The molecule has 1 unspecified atom stereocenters. The van der Waals surface area contributed by atoms with E-state index in [2.05, 4.69) is 20.5 Å². The lowest BCUT2D eigenvalue weighted by atomic mass is 9.95. The van der Waals surface area contributed by atoms with Crippen molar-refractivity contribution in [1.82, 2.24) is 10.2 Å². The number of primary amides is 1. The number of guanidine groups is 1. The fourth-order valence-corrected chi connectivity index (χ4v) is 3.32. The van der Waals surface area contributed by atoms with Crippen LogP contribution in [0.1, 0.15) is 31.7 Å². The first-order chi connectivity index (χ1) is 12.5. The van der Waals surface area contributed by atoms with Gasteiger partial charge >= 0.3 is 0 Å². The summed E-state index contributed by atoms with van der Waals surface area (Å²) in [4.78, 5) is 28.8. The number of anilines is 1. The van der Waals surface area contributed by atoms with Crippen LogP contribution in [0, 0.1) is 5.92 Å². The number of likely N-dealkylation sites (tertiary alicyclic amines) is 1. The van der Waals surface area contributed by atoms with Crippen LogP contribution in [-0.2, 0) is 16.0 Å². The Morgan fingerprint density at radius 3 is 2.59 bits per heavy atom. The van der Waals surface area contributed by atoms with Crippen molar-refractivity contribution in [3.05, 3.63) is 29.8 Å². The lowest BCUT2D eigenvalue weighted by Gasteiger charge is -2.34. The Kier molecular flexibility index (Phi) is 10.1. The van der Waals surface area contributed by atoms with Crippen molar-refractivity contribution in [2.45, 2.75) is 32.6 Å². The van der Waals surface area contributed by atoms with E-state index < -0.39 is 0 Å². The molecule has 7 nitrogen and oxygen atoms in total. The summed E-state index contributed by atoms with van der Waals surface area (Å²) >= 11 is 0. The maximum absolute atomic E-state index is 11.2. The predicted molar refractivity (Wildman–Crippen MR) is 119 cm³/mol. The molecule has 0 bridgehead atoms. The molecule has 1 atom stereocenters. The summed E-state index contributed by atoms with van der Waals surface area (Å²) in [6, 6.07) is 7.84. The topological polar surface area (TPSA) is 99.8 Å². The van der Waals surface area contributed by atoms with Crippen LogP contribution in [0.4, 0.5) is 5.69 Å². The molecule has 4 N–H and O–H groups in total. The summed E-state index contributed by atoms with van der Waals surface area (Å²) in [6.07, 6.45) is 3.38. The number of carbonyl (C=O) groups excluding carboxylic acids is 2. The van der Waals surface area contributed by atoms with E-state index in [-0.39, 0.29) is 35.8 Å². The number of rotatable bonds is 6. The first-order valence-electron chi connectivity index (χ1n) is 9.08. The molecule has 2 rings (SSSR count). The Hall–Kier alpha value is -1.84. The highest BCUT2D eigenvalue weighted by Crippen LogP contribution is 2.19. The van der Waals surface area contributed by atoms with Gasteiger partial charge in [-0.25, -0.2) is 0 Å². The number of hydrogen-bond donors (Lipinski definition) is 3. The average Bonchev–Trinajstić information content (AvgIpc) is 2.59. The van der Waals surface area contributed by atoms with Gasteiger partial charge in [-0.05, 0) is 42.9 Å². The molecule has 0 spiro atoms. The Balaban J connectivity index is 0.00000364. The molecule has 27 heavy (non-hydrogen) atoms. The van der Waals surface area contributed by atoms with E-state index in [0.717, 1.165) is 50.5 Å². The van der Waals surface area contributed by atoms with Crippen LogP contribution in [0.15, 0.2) is 29.3 Å². The molecule has 0 aliphatic carbocycles. The molecule has 1 aromatic carbocycles. The highest BCUT2D eigenvalue weighted by molar-refractivity contribution is 14.0. The summed E-state index contributed by atoms with van der Waals surface area (Å²) in [7, 11) is 1.78. The zero-order valence-corrected chi connectivity index (χ0v) is 18.4. The number of piperidine rings is 1. The average molecular weight is 487 g/mol. The van der Waals surface area contributed by atoms with Crippen LogP contribution in [0.25, 0.3) is 0 Å². The van der Waals surface area contributed by atoms with Crippen molar-refractivity contribution in [3.63, 3.8) is 0 Å². The molecule has 0 saturated carbocycles. The first kappa shape index (κ1) is 23.2. The Morgan fingerprint density at radius 1 is 1.30 bits per heavy atom. The number of aliphatic imine (C=N–C) groups is 1. The highest BCUT2D eigenvalue weighted by atomic mass is 127. The van der Waals surface area contributed by atoms with Crippen LogP contribution in [0.2, 0.25) is 0 Å². The minimum absolute atomic E-state index is 0. The van der Waals surface area contributed by atoms with Crippen LogP contribution in [0.3, 0.4) is 0 Å². The number of benzene rings is 1. The third kappa shape index (κ3) is 8.15. The Bertz CT molecular complexity index is 648. The Morgan fingerprint density at radius 2 is 2.00 bits per heavy atom. The molecule has 0 aromatic heterocycles. The van der Waals surface area contributed by atoms with Crippen molar-refractivity contribution in [2.24, 2.45) is 16.6 Å². The molecule has 0 radical (unpaired) electrons. The fourth-order valence-electron chi connectivity index (χ4n) is 3.32. The summed E-state index contributed by atoms with van der Waals surface area (Å²) in [5.41, 5.74) is 7.32. The maximum Gasteiger partial charge on any atom is 0.221 e. The van der Waals surface area contributed by atoms with E-state index in [1.54, 1.807) is 7.05 Å². The van der Waals surface area contributed by atoms with Gasteiger partial charge in [0.2, 0.25) is 11.8 Å². The fraction of sp³-hybridized carbons (Fsp3) is 0.526. The molecular weight excluding hydrogens is 457 g/mol. The molecule has 150 valence electrons. The van der Waals surface area contributed by atoms with Crippen molar-refractivity contribution in [2.75, 3.05) is 32.0 Å². The number of nitrogens with two attached hydrogens (primary N) is 1. The molecule has 1 fully saturated rings. The lowest BCUT2D eigenvalue weighted by molar-refractivity contribution is -0.119. The third-order valence-corrected chi connectivity index (χ3v) is 4.49. The number of nitrogens with one attached hydrogen (secondary N) is 2. The largest absolute Gasteiger partial charge is 0.370 e. The van der Waals surface area contributed by atoms with Gasteiger partial charge in [0, 0.05) is 45.7 Å². The number of carbonyl (C=O) groups is 2. The second-order valence-corrected chi connectivity index (χ2v) is 6.73. The predicted octanol–water partition coefficient (Wildman–Crippen LogP) is 1.97. The second kappa shape index (κ2) is 11.8. The smallest absolute Gasteiger partial charge is 0.221 e. The van der Waals surface area contributed by atoms with Crippen molar-refractivity contribution >= 4 is 47.4 Å². The van der Waals surface area contributed by atoms with E-state index in [1.165, 1.54) is 12.5 Å². The molecule has 1 heterocycles. The van der Waals surface area contributed by atoms with Crippen LogP contribution in [0.5, 0.6) is 0 Å². The standard InChI is InChI=1S/C19H29N5O2.HI/c1-14(25)23-17-7-5-15(6-8-17)9-10-22-19(21-2)24-11-3-4-16(13-24)12-18(20)26;/h5-8,16H,3-4,9-13H2,1-2H3,(H2,20,26)(H,21,22)(H,23,25);1H. The minimum atomic E-state index is -0.234. The van der Waals surface area contributed by atoms with Crippen molar-refractivity contribution < 1.29 is 9.59 Å². The van der Waals surface area contributed by atoms with E-state index in [1.807, 2.05) is 24.3 Å². The zero-order valence-electron chi connectivity index (χ0n) is 16.0. The van der Waals surface area contributed by atoms with E-state index in [4.69, 9.17) is 5.73 Å². The van der Waals surface area contributed by atoms with Gasteiger partial charge in [-0.3, -0.25) is 14.6 Å². The van der Waals surface area contributed by atoms with E-state index in [9.17, 15) is 9.59 Å². The summed E-state index contributed by atoms with van der Waals surface area (Å²) in [5, 5.41) is 6.16. The second-order valence-electron chi connectivity index (χ2n) is 6.73. The van der Waals surface area contributed by atoms with E-state index in [0.29, 0.717) is 12.3 Å². The highest BCUT2D eigenvalue weighted by Gasteiger charge is 2.23. The van der Waals surface area contributed by atoms with Crippen LogP contribution >= 0.6 is 24.0 Å². The van der Waals surface area contributed by atoms with E-state index >= 15 is 0 Å². The molecule has 1 aliphatic rings. The minimum Gasteiger partial charge on any atom is -0.370 e. The molecule has 1 aliphatic heterocycles. The molecule has 8 heteroatoms. The van der Waals surface area contributed by atoms with Gasteiger partial charge in [-0.2, -0.15) is 0 Å². The lowest BCUT2D eigenvalue weighted by Crippen LogP contribution is -2.47. The van der Waals surface area contributed by atoms with Gasteiger partial charge < -0.3 is 21.3 Å². The van der Waals surface area contributed by atoms with Gasteiger partial charge in [0.05, 0.1) is 0 Å². The monoisotopic (exact) mass is 487 g/mol. The van der Waals surface area contributed by atoms with Crippen molar-refractivity contribution in [3.8, 4) is 0 Å². The summed E-state index contributed by atoms with van der Waals surface area (Å²) in [5.74, 6) is 0.872. The van der Waals surface area contributed by atoms with Crippen molar-refractivity contribution in [1.29, 1.82) is 0 Å². The van der Waals surface area contributed by atoms with Gasteiger partial charge in [0.25, 0.3) is 0 Å². The number of hydrogen-bond acceptors (Lipinski definition) is 3. The summed E-state index contributed by atoms with van der Waals surface area (Å²) in [6.45, 7) is 4.02.